The summed E-state index contributed by atoms with van der Waals surface area (Å²) >= 11 is 0. The normalized spacial score (nSPS) is 34.7. The molecule has 236 valence electrons. The van der Waals surface area contributed by atoms with Gasteiger partial charge in [0.1, 0.15) is 24.1 Å². The van der Waals surface area contributed by atoms with Crippen molar-refractivity contribution in [2.45, 2.75) is 93.6 Å². The van der Waals surface area contributed by atoms with Gasteiger partial charge in [0, 0.05) is 50.4 Å². The maximum atomic E-state index is 14.1. The first-order valence-corrected chi connectivity index (χ1v) is 15.7. The number of benzene rings is 1. The van der Waals surface area contributed by atoms with Crippen LogP contribution in [0.15, 0.2) is 24.3 Å². The maximum Gasteiger partial charge on any atom is 0.254 e. The van der Waals surface area contributed by atoms with Gasteiger partial charge in [0.15, 0.2) is 0 Å². The molecular weight excluding hydrogens is 556 g/mol. The second-order valence-electron chi connectivity index (χ2n) is 12.6. The fourth-order valence-electron chi connectivity index (χ4n) is 7.50. The Morgan fingerprint density at radius 1 is 0.977 bits per heavy atom. The number of nitrogens with one attached hydrogen (secondary N) is 1. The lowest BCUT2D eigenvalue weighted by molar-refractivity contribution is -0.145. The third kappa shape index (κ3) is 6.53. The number of fused-ring (bicyclic) bond motifs is 6. The van der Waals surface area contributed by atoms with Crippen LogP contribution in [0.5, 0.6) is 5.75 Å². The topological polar surface area (TPSA) is 141 Å². The van der Waals surface area contributed by atoms with E-state index in [2.05, 4.69) is 10.2 Å². The van der Waals surface area contributed by atoms with Crippen LogP contribution in [0.3, 0.4) is 0 Å². The molecule has 5 fully saturated rings. The average Bonchev–Trinajstić information content (AvgIpc) is 3.56. The fourth-order valence-corrected chi connectivity index (χ4v) is 7.50. The zero-order valence-corrected chi connectivity index (χ0v) is 24.8. The summed E-state index contributed by atoms with van der Waals surface area (Å²) in [6.45, 7) is 1.89. The summed E-state index contributed by atoms with van der Waals surface area (Å²) in [5.41, 5.74) is 0.419. The molecule has 4 aliphatic heterocycles. The third-order valence-corrected chi connectivity index (χ3v) is 9.78. The molecule has 1 saturated carbocycles. The highest BCUT2D eigenvalue weighted by molar-refractivity contribution is 5.94. The predicted octanol–water partition coefficient (Wildman–Crippen LogP) is 0.150. The third-order valence-electron chi connectivity index (χ3n) is 9.78. The van der Waals surface area contributed by atoms with Gasteiger partial charge in [-0.25, -0.2) is 0 Å². The molecule has 6 bridgehead atoms. The number of rotatable bonds is 3. The number of nitrogens with zero attached hydrogens (tertiary/aromatic N) is 3. The van der Waals surface area contributed by atoms with E-state index in [1.807, 2.05) is 4.90 Å². The van der Waals surface area contributed by atoms with Gasteiger partial charge in [-0.2, -0.15) is 0 Å². The number of carbonyl (C=O) groups is 3. The Balaban J connectivity index is 1.28. The van der Waals surface area contributed by atoms with Crippen molar-refractivity contribution in [3.8, 4) is 5.75 Å². The Kier molecular flexibility index (Phi) is 9.20. The Bertz CT molecular complexity index is 1160. The zero-order valence-electron chi connectivity index (χ0n) is 24.8. The molecule has 0 unspecified atom stereocenters. The molecule has 0 spiro atoms. The van der Waals surface area contributed by atoms with Crippen molar-refractivity contribution >= 4 is 17.7 Å². The number of hydrogen-bond donors (Lipinski definition) is 3. The first-order valence-electron chi connectivity index (χ1n) is 15.7. The molecule has 4 saturated heterocycles. The second kappa shape index (κ2) is 13.1. The molecule has 1 aromatic carbocycles. The Morgan fingerprint density at radius 2 is 1.72 bits per heavy atom. The molecule has 4 heterocycles. The number of hydrogen-bond acceptors (Lipinski definition) is 9. The minimum atomic E-state index is -1.28. The highest BCUT2D eigenvalue weighted by Gasteiger charge is 2.47. The van der Waals surface area contributed by atoms with Gasteiger partial charge < -0.3 is 39.5 Å². The summed E-state index contributed by atoms with van der Waals surface area (Å²) in [6, 6.07) is 6.52. The summed E-state index contributed by atoms with van der Waals surface area (Å²) in [4.78, 5) is 46.7. The van der Waals surface area contributed by atoms with E-state index in [0.717, 1.165) is 25.7 Å². The van der Waals surface area contributed by atoms with E-state index in [1.165, 1.54) is 6.42 Å². The van der Waals surface area contributed by atoms with E-state index in [-0.39, 0.29) is 49.3 Å². The summed E-state index contributed by atoms with van der Waals surface area (Å²) in [5, 5.41) is 24.8. The van der Waals surface area contributed by atoms with Crippen molar-refractivity contribution in [3.05, 3.63) is 29.8 Å². The minimum Gasteiger partial charge on any atom is -0.497 e. The number of ether oxygens (including phenoxy) is 3. The zero-order chi connectivity index (χ0) is 30.1. The number of aliphatic hydroxyl groups is 2. The lowest BCUT2D eigenvalue weighted by atomic mass is 9.93. The molecule has 0 radical (unpaired) electrons. The van der Waals surface area contributed by atoms with Crippen LogP contribution in [-0.2, 0) is 19.1 Å². The van der Waals surface area contributed by atoms with Gasteiger partial charge >= 0.3 is 0 Å². The SMILES string of the molecule is COc1ccc(C(=O)N2C[C@@H]3CN(CCO3)C(=O)[C@@H]3C[C@@H](CN3C3CCCCC3)NC(=O)C[C@@H]3O[C@H](C2)[C@@H](O)[C@H]3O)cc1. The van der Waals surface area contributed by atoms with Gasteiger partial charge in [-0.05, 0) is 43.5 Å². The number of amides is 3. The average molecular weight is 601 g/mol. The van der Waals surface area contributed by atoms with Crippen LogP contribution in [0.1, 0.15) is 55.3 Å². The van der Waals surface area contributed by atoms with Crippen molar-refractivity contribution in [2.24, 2.45) is 0 Å². The molecule has 1 aromatic rings. The highest BCUT2D eigenvalue weighted by atomic mass is 16.5. The Labute approximate surface area is 252 Å². The quantitative estimate of drug-likeness (QED) is 0.442. The molecule has 12 nitrogen and oxygen atoms in total. The van der Waals surface area contributed by atoms with E-state index in [9.17, 15) is 24.6 Å². The number of carbonyl (C=O) groups excluding carboxylic acids is 3. The largest absolute Gasteiger partial charge is 0.497 e. The molecule has 5 aliphatic rings. The van der Waals surface area contributed by atoms with Gasteiger partial charge in [0.2, 0.25) is 11.8 Å². The number of morpholine rings is 1. The first-order chi connectivity index (χ1) is 20.8. The van der Waals surface area contributed by atoms with Crippen molar-refractivity contribution < 1.29 is 38.8 Å². The minimum absolute atomic E-state index is 0.0181. The van der Waals surface area contributed by atoms with E-state index >= 15 is 0 Å². The molecular formula is C31H44N4O8. The monoisotopic (exact) mass is 600 g/mol. The molecule has 43 heavy (non-hydrogen) atoms. The second-order valence-corrected chi connectivity index (χ2v) is 12.6. The summed E-state index contributed by atoms with van der Waals surface area (Å²) in [5.74, 6) is 0.0715. The standard InChI is InChI=1S/C31H44N4O8/c1-41-22-9-7-19(8-10-22)30(39)34-17-23-16-33(11-12-42-23)31(40)24-13-20(15-35(24)21-5-3-2-4-6-21)32-27(36)14-25-28(37)29(38)26(18-34)43-25/h7-10,20-21,23-26,28-29,37-38H,2-6,11-18H2,1H3,(H,32,36)/t20-,23-,24-,25-,26+,28-,29+/m0/s1. The van der Waals surface area contributed by atoms with Gasteiger partial charge in [-0.15, -0.1) is 0 Å². The van der Waals surface area contributed by atoms with Crippen molar-refractivity contribution in [3.63, 3.8) is 0 Å². The van der Waals surface area contributed by atoms with E-state index in [4.69, 9.17) is 14.2 Å². The molecule has 12 heteroatoms. The first kappa shape index (κ1) is 30.3. The van der Waals surface area contributed by atoms with Gasteiger partial charge in [-0.3, -0.25) is 19.3 Å². The Hall–Kier alpha value is -2.77. The number of methoxy groups -OCH3 is 1. The van der Waals surface area contributed by atoms with Crippen LogP contribution in [0.2, 0.25) is 0 Å². The maximum absolute atomic E-state index is 14.1. The summed E-state index contributed by atoms with van der Waals surface area (Å²) < 4.78 is 17.4. The van der Waals surface area contributed by atoms with E-state index in [0.29, 0.717) is 50.0 Å². The van der Waals surface area contributed by atoms with Crippen molar-refractivity contribution in [1.29, 1.82) is 0 Å². The van der Waals surface area contributed by atoms with Gasteiger partial charge in [0.05, 0.1) is 38.4 Å². The van der Waals surface area contributed by atoms with Crippen molar-refractivity contribution in [1.82, 2.24) is 20.0 Å². The molecule has 3 N–H and O–H groups in total. The smallest absolute Gasteiger partial charge is 0.254 e. The summed E-state index contributed by atoms with van der Waals surface area (Å²) in [6.07, 6.45) is 1.15. The van der Waals surface area contributed by atoms with Crippen molar-refractivity contribution in [2.75, 3.05) is 46.4 Å². The van der Waals surface area contributed by atoms with E-state index in [1.54, 1.807) is 36.3 Å². The summed E-state index contributed by atoms with van der Waals surface area (Å²) in [7, 11) is 1.55. The molecule has 1 aliphatic carbocycles. The molecule has 6 rings (SSSR count). The molecule has 0 aromatic heterocycles. The van der Waals surface area contributed by atoms with Crippen LogP contribution in [0.25, 0.3) is 0 Å². The lowest BCUT2D eigenvalue weighted by Gasteiger charge is -2.40. The molecule has 7 atom stereocenters. The Morgan fingerprint density at radius 3 is 2.47 bits per heavy atom. The van der Waals surface area contributed by atoms with Crippen LogP contribution in [0.4, 0.5) is 0 Å². The fraction of sp³-hybridized carbons (Fsp3) is 0.710. The number of aliphatic hydroxyl groups excluding tert-OH is 2. The van der Waals surface area contributed by atoms with Crippen LogP contribution < -0.4 is 10.1 Å². The predicted molar refractivity (Wildman–Crippen MR) is 154 cm³/mol. The molecule has 3 amide bonds. The van der Waals surface area contributed by atoms with E-state index < -0.39 is 30.5 Å². The van der Waals surface area contributed by atoms with Gasteiger partial charge in [-0.1, -0.05) is 19.3 Å². The van der Waals surface area contributed by atoms with Crippen LogP contribution in [-0.4, -0.2) is 138 Å². The van der Waals surface area contributed by atoms with Gasteiger partial charge in [0.25, 0.3) is 5.91 Å². The van der Waals surface area contributed by atoms with Crippen LogP contribution in [0, 0.1) is 0 Å². The van der Waals surface area contributed by atoms with Crippen LogP contribution >= 0.6 is 0 Å². The number of likely N-dealkylation sites (tertiary alicyclic amines) is 1. The highest BCUT2D eigenvalue weighted by Crippen LogP contribution is 2.32. The lowest BCUT2D eigenvalue weighted by Crippen LogP contribution is -2.56.